The Morgan fingerprint density at radius 1 is 1.50 bits per heavy atom. The molecular formula is C8H16NO-. The van der Waals surface area contributed by atoms with Crippen molar-refractivity contribution in [1.29, 1.82) is 0 Å². The molecule has 10 heavy (non-hydrogen) atoms. The van der Waals surface area contributed by atoms with Crippen molar-refractivity contribution >= 4 is 0 Å². The van der Waals surface area contributed by atoms with Crippen molar-refractivity contribution in [1.82, 2.24) is 4.90 Å². The van der Waals surface area contributed by atoms with E-state index in [-0.39, 0.29) is 5.60 Å². The van der Waals surface area contributed by atoms with Crippen LogP contribution in [0.15, 0.2) is 0 Å². The van der Waals surface area contributed by atoms with Gasteiger partial charge in [0.05, 0.1) is 5.60 Å². The average Bonchev–Trinajstić information content (AvgIpc) is 1.96. The third-order valence-electron chi connectivity index (χ3n) is 2.44. The second-order valence-electron chi connectivity index (χ2n) is 3.20. The Hall–Kier alpha value is -0.0800. The van der Waals surface area contributed by atoms with Gasteiger partial charge in [-0.2, -0.15) is 0 Å². The highest BCUT2D eigenvalue weighted by atomic mass is 16.3. The molecular weight excluding hydrogens is 126 g/mol. The zero-order chi connectivity index (χ0) is 7.61. The second kappa shape index (κ2) is 2.89. The number of hydrogen-bond acceptors (Lipinski definition) is 2. The minimum absolute atomic E-state index is 0.381. The minimum Gasteiger partial charge on any atom is -0.459 e. The van der Waals surface area contributed by atoms with Crippen molar-refractivity contribution in [3.8, 4) is 0 Å². The van der Waals surface area contributed by atoms with Crippen LogP contribution in [0.2, 0.25) is 0 Å². The van der Waals surface area contributed by atoms with E-state index >= 15 is 0 Å². The summed E-state index contributed by atoms with van der Waals surface area (Å²) in [7, 11) is 3.82. The third kappa shape index (κ3) is 1.70. The highest BCUT2D eigenvalue weighted by molar-refractivity contribution is 4.83. The number of nitrogens with zero attached hydrogens (tertiary/aromatic N) is 1. The van der Waals surface area contributed by atoms with Crippen LogP contribution in [0.25, 0.3) is 0 Å². The van der Waals surface area contributed by atoms with Gasteiger partial charge in [0.2, 0.25) is 0 Å². The van der Waals surface area contributed by atoms with Crippen molar-refractivity contribution < 1.29 is 5.11 Å². The summed E-state index contributed by atoms with van der Waals surface area (Å²) in [5.41, 5.74) is -0.381. The Balaban J connectivity index is 2.38. The molecule has 0 radical (unpaired) electrons. The van der Waals surface area contributed by atoms with Gasteiger partial charge in [-0.05, 0) is 32.4 Å². The largest absolute Gasteiger partial charge is 0.459 e. The lowest BCUT2D eigenvalue weighted by Crippen LogP contribution is -2.41. The molecule has 1 saturated heterocycles. The summed E-state index contributed by atoms with van der Waals surface area (Å²) in [4.78, 5) is 2.02. The highest BCUT2D eigenvalue weighted by Crippen LogP contribution is 2.24. The summed E-state index contributed by atoms with van der Waals surface area (Å²) in [5.74, 6) is 0. The van der Waals surface area contributed by atoms with E-state index in [0.29, 0.717) is 0 Å². The SMILES string of the molecule is [CH2-]N1CCC(O)(CC)CC1. The van der Waals surface area contributed by atoms with Gasteiger partial charge in [-0.1, -0.05) is 6.92 Å². The van der Waals surface area contributed by atoms with Gasteiger partial charge in [-0.3, -0.25) is 7.05 Å². The Kier molecular flexibility index (Phi) is 2.32. The van der Waals surface area contributed by atoms with E-state index in [1.54, 1.807) is 0 Å². The summed E-state index contributed by atoms with van der Waals surface area (Å²) in [6.45, 7) is 3.91. The van der Waals surface area contributed by atoms with Crippen LogP contribution < -0.4 is 0 Å². The quantitative estimate of drug-likeness (QED) is 0.552. The number of aliphatic hydroxyl groups is 1. The van der Waals surface area contributed by atoms with E-state index in [1.807, 2.05) is 11.8 Å². The summed E-state index contributed by atoms with van der Waals surface area (Å²) >= 11 is 0. The van der Waals surface area contributed by atoms with Gasteiger partial charge < -0.3 is 10.0 Å². The first kappa shape index (κ1) is 8.02. The minimum atomic E-state index is -0.381. The molecule has 0 spiro atoms. The number of piperidine rings is 1. The normalized spacial score (nSPS) is 26.7. The fraction of sp³-hybridized carbons (Fsp3) is 0.875. The Morgan fingerprint density at radius 3 is 2.40 bits per heavy atom. The van der Waals surface area contributed by atoms with Gasteiger partial charge in [0, 0.05) is 0 Å². The van der Waals surface area contributed by atoms with E-state index < -0.39 is 0 Å². The molecule has 0 atom stereocenters. The zero-order valence-corrected chi connectivity index (χ0v) is 6.64. The smallest absolute Gasteiger partial charge is 0.0667 e. The second-order valence-corrected chi connectivity index (χ2v) is 3.20. The molecule has 0 unspecified atom stereocenters. The van der Waals surface area contributed by atoms with Crippen LogP contribution in [0.3, 0.4) is 0 Å². The van der Waals surface area contributed by atoms with Crippen molar-refractivity contribution in [2.24, 2.45) is 0 Å². The maximum atomic E-state index is 9.74. The van der Waals surface area contributed by atoms with Crippen LogP contribution in [0.5, 0.6) is 0 Å². The molecule has 1 heterocycles. The van der Waals surface area contributed by atoms with Crippen molar-refractivity contribution in [2.75, 3.05) is 13.1 Å². The van der Waals surface area contributed by atoms with Gasteiger partial charge in [0.25, 0.3) is 0 Å². The monoisotopic (exact) mass is 142 g/mol. The van der Waals surface area contributed by atoms with Crippen LogP contribution in [0.4, 0.5) is 0 Å². The van der Waals surface area contributed by atoms with Gasteiger partial charge in [-0.25, -0.2) is 0 Å². The average molecular weight is 142 g/mol. The molecule has 0 aromatic rings. The predicted octanol–water partition coefficient (Wildman–Crippen LogP) is 1.01. The van der Waals surface area contributed by atoms with Crippen molar-refractivity contribution in [3.05, 3.63) is 7.05 Å². The molecule has 0 bridgehead atoms. The molecule has 0 aromatic carbocycles. The van der Waals surface area contributed by atoms with Crippen LogP contribution in [0, 0.1) is 7.05 Å². The molecule has 1 aliphatic heterocycles. The third-order valence-corrected chi connectivity index (χ3v) is 2.44. The fourth-order valence-electron chi connectivity index (χ4n) is 1.32. The lowest BCUT2D eigenvalue weighted by Gasteiger charge is -2.39. The first-order valence-electron chi connectivity index (χ1n) is 3.94. The van der Waals surface area contributed by atoms with Gasteiger partial charge in [-0.15, -0.1) is 0 Å². The number of hydrogen-bond donors (Lipinski definition) is 1. The summed E-state index contributed by atoms with van der Waals surface area (Å²) < 4.78 is 0. The van der Waals surface area contributed by atoms with Crippen LogP contribution >= 0.6 is 0 Å². The van der Waals surface area contributed by atoms with E-state index in [1.165, 1.54) is 0 Å². The Labute approximate surface area is 62.8 Å². The summed E-state index contributed by atoms with van der Waals surface area (Å²) in [5, 5.41) is 9.74. The van der Waals surface area contributed by atoms with Gasteiger partial charge in [0.1, 0.15) is 0 Å². The topological polar surface area (TPSA) is 23.5 Å². The van der Waals surface area contributed by atoms with Crippen LogP contribution in [-0.2, 0) is 0 Å². The molecule has 2 heteroatoms. The van der Waals surface area contributed by atoms with Gasteiger partial charge >= 0.3 is 0 Å². The number of likely N-dealkylation sites (tertiary alicyclic amines) is 1. The molecule has 0 aliphatic carbocycles. The molecule has 0 saturated carbocycles. The fourth-order valence-corrected chi connectivity index (χ4v) is 1.32. The van der Waals surface area contributed by atoms with E-state index in [0.717, 1.165) is 32.4 Å². The molecule has 1 fully saturated rings. The molecule has 1 rings (SSSR count). The molecule has 1 aliphatic rings. The van der Waals surface area contributed by atoms with Crippen LogP contribution in [-0.4, -0.2) is 28.7 Å². The lowest BCUT2D eigenvalue weighted by molar-refractivity contribution is -0.0149. The molecule has 0 amide bonds. The summed E-state index contributed by atoms with van der Waals surface area (Å²) in [6, 6.07) is 0. The first-order valence-corrected chi connectivity index (χ1v) is 3.94. The first-order chi connectivity index (χ1) is 4.66. The van der Waals surface area contributed by atoms with Crippen molar-refractivity contribution in [3.63, 3.8) is 0 Å². The molecule has 60 valence electrons. The van der Waals surface area contributed by atoms with Gasteiger partial charge in [0.15, 0.2) is 0 Å². The molecule has 2 nitrogen and oxygen atoms in total. The summed E-state index contributed by atoms with van der Waals surface area (Å²) in [6.07, 6.45) is 2.64. The van der Waals surface area contributed by atoms with Crippen LogP contribution in [0.1, 0.15) is 26.2 Å². The van der Waals surface area contributed by atoms with E-state index in [2.05, 4.69) is 7.05 Å². The van der Waals surface area contributed by atoms with E-state index in [9.17, 15) is 5.11 Å². The maximum absolute atomic E-state index is 9.74. The highest BCUT2D eigenvalue weighted by Gasteiger charge is 2.26. The van der Waals surface area contributed by atoms with E-state index in [4.69, 9.17) is 0 Å². The Bertz CT molecular complexity index is 106. The molecule has 0 aromatic heterocycles. The predicted molar refractivity (Wildman–Crippen MR) is 41.4 cm³/mol. The standard InChI is InChI=1S/C8H16NO/c1-3-8(10)4-6-9(2)7-5-8/h10H,2-7H2,1H3/q-1. The lowest BCUT2D eigenvalue weighted by atomic mass is 9.89. The number of rotatable bonds is 1. The maximum Gasteiger partial charge on any atom is 0.0667 e. The zero-order valence-electron chi connectivity index (χ0n) is 6.64. The molecule has 1 N–H and O–H groups in total. The Morgan fingerprint density at radius 2 is 2.00 bits per heavy atom. The van der Waals surface area contributed by atoms with Crippen molar-refractivity contribution in [2.45, 2.75) is 31.8 Å².